The van der Waals surface area contributed by atoms with Crippen LogP contribution >= 0.6 is 11.3 Å². The van der Waals surface area contributed by atoms with Gasteiger partial charge in [0, 0.05) is 34.4 Å². The zero-order valence-electron chi connectivity index (χ0n) is 14.2. The molecule has 4 aromatic rings. The summed E-state index contributed by atoms with van der Waals surface area (Å²) in [4.78, 5) is 16.7. The molecule has 2 aromatic heterocycles. The Balaban J connectivity index is 1.64. The van der Waals surface area contributed by atoms with Gasteiger partial charge in [-0.25, -0.2) is 8.78 Å². The van der Waals surface area contributed by atoms with E-state index in [1.54, 1.807) is 11.3 Å². The lowest BCUT2D eigenvalue weighted by atomic mass is 9.96. The minimum absolute atomic E-state index is 0.125. The first-order valence-corrected chi connectivity index (χ1v) is 9.34. The van der Waals surface area contributed by atoms with Crippen molar-refractivity contribution in [2.75, 3.05) is 6.54 Å². The van der Waals surface area contributed by atoms with E-state index in [2.05, 4.69) is 10.3 Å². The van der Waals surface area contributed by atoms with Gasteiger partial charge in [0.25, 0.3) is 5.91 Å². The third-order valence-electron chi connectivity index (χ3n) is 4.54. The Labute approximate surface area is 158 Å². The van der Waals surface area contributed by atoms with Crippen LogP contribution in [0.5, 0.6) is 0 Å². The first-order valence-electron chi connectivity index (χ1n) is 8.47. The Bertz CT molecular complexity index is 1070. The Kier molecular flexibility index (Phi) is 4.73. The highest BCUT2D eigenvalue weighted by molar-refractivity contribution is 7.10. The monoisotopic (exact) mass is 382 g/mol. The molecule has 0 aliphatic heterocycles. The van der Waals surface area contributed by atoms with Gasteiger partial charge in [-0.1, -0.05) is 30.3 Å². The number of benzene rings is 2. The molecule has 0 fully saturated rings. The van der Waals surface area contributed by atoms with Crippen molar-refractivity contribution in [3.8, 4) is 0 Å². The molecule has 0 saturated heterocycles. The maximum absolute atomic E-state index is 13.9. The van der Waals surface area contributed by atoms with E-state index in [0.29, 0.717) is 0 Å². The zero-order chi connectivity index (χ0) is 18.8. The summed E-state index contributed by atoms with van der Waals surface area (Å²) in [6, 6.07) is 15.2. The summed E-state index contributed by atoms with van der Waals surface area (Å²) >= 11 is 1.58. The zero-order valence-corrected chi connectivity index (χ0v) is 15.0. The summed E-state index contributed by atoms with van der Waals surface area (Å²) in [6.07, 6.45) is 1.92. The summed E-state index contributed by atoms with van der Waals surface area (Å²) in [5.74, 6) is -2.62. The fourth-order valence-corrected chi connectivity index (χ4v) is 4.08. The number of H-pyrrole nitrogens is 1. The maximum Gasteiger partial charge on any atom is 0.257 e. The van der Waals surface area contributed by atoms with Crippen molar-refractivity contribution in [1.82, 2.24) is 10.3 Å². The second-order valence-electron chi connectivity index (χ2n) is 6.16. The van der Waals surface area contributed by atoms with Gasteiger partial charge in [-0.05, 0) is 35.2 Å². The summed E-state index contributed by atoms with van der Waals surface area (Å²) < 4.78 is 27.8. The lowest BCUT2D eigenvalue weighted by Gasteiger charge is -2.16. The molecule has 2 aromatic carbocycles. The third-order valence-corrected chi connectivity index (χ3v) is 5.53. The largest absolute Gasteiger partial charge is 0.361 e. The summed E-state index contributed by atoms with van der Waals surface area (Å²) in [5, 5.41) is 5.72. The Hall–Kier alpha value is -2.99. The number of nitrogens with one attached hydrogen (secondary N) is 2. The average Bonchev–Trinajstić information content (AvgIpc) is 3.32. The van der Waals surface area contributed by atoms with Crippen LogP contribution in [0.2, 0.25) is 0 Å². The molecule has 2 N–H and O–H groups in total. The number of amides is 1. The number of aromatic amines is 1. The van der Waals surface area contributed by atoms with Crippen molar-refractivity contribution in [2.45, 2.75) is 5.92 Å². The van der Waals surface area contributed by atoms with Crippen molar-refractivity contribution in [3.63, 3.8) is 0 Å². The number of halogens is 2. The predicted octanol–water partition coefficient (Wildman–Crippen LogP) is 5.07. The highest BCUT2D eigenvalue weighted by Crippen LogP contribution is 2.32. The summed E-state index contributed by atoms with van der Waals surface area (Å²) in [7, 11) is 0. The number of hydrogen-bond donors (Lipinski definition) is 2. The molecule has 1 amide bonds. The van der Waals surface area contributed by atoms with Gasteiger partial charge in [-0.2, -0.15) is 0 Å². The number of rotatable bonds is 5. The Morgan fingerprint density at radius 1 is 1.04 bits per heavy atom. The topological polar surface area (TPSA) is 44.9 Å². The van der Waals surface area contributed by atoms with Crippen LogP contribution in [0.3, 0.4) is 0 Å². The van der Waals surface area contributed by atoms with Crippen LogP contribution in [-0.2, 0) is 0 Å². The minimum Gasteiger partial charge on any atom is -0.361 e. The number of carbonyl (C=O) groups is 1. The number of thiophene rings is 1. The van der Waals surface area contributed by atoms with Gasteiger partial charge in [0.2, 0.25) is 0 Å². The molecule has 27 heavy (non-hydrogen) atoms. The summed E-state index contributed by atoms with van der Waals surface area (Å²) in [5.41, 5.74) is 1.48. The molecule has 136 valence electrons. The van der Waals surface area contributed by atoms with Gasteiger partial charge >= 0.3 is 0 Å². The van der Waals surface area contributed by atoms with Crippen LogP contribution < -0.4 is 5.32 Å². The Morgan fingerprint density at radius 2 is 1.81 bits per heavy atom. The van der Waals surface area contributed by atoms with Gasteiger partial charge in [0.1, 0.15) is 17.2 Å². The second-order valence-corrected chi connectivity index (χ2v) is 7.14. The van der Waals surface area contributed by atoms with Crippen LogP contribution in [0.1, 0.15) is 26.7 Å². The molecule has 0 aliphatic rings. The fourth-order valence-electron chi connectivity index (χ4n) is 3.23. The van der Waals surface area contributed by atoms with Crippen LogP contribution in [0.4, 0.5) is 8.78 Å². The number of fused-ring (bicyclic) bond motifs is 1. The highest BCUT2D eigenvalue weighted by atomic mass is 32.1. The van der Waals surface area contributed by atoms with Gasteiger partial charge < -0.3 is 10.3 Å². The standard InChI is InChI=1S/C21H16F2N2OS/c22-16-6-3-7-17(23)20(16)21(26)25-12-15(19-9-4-10-27-19)14-11-24-18-8-2-1-5-13(14)18/h1-11,15,24H,12H2,(H,25,26). The third kappa shape index (κ3) is 3.36. The number of aromatic nitrogens is 1. The maximum atomic E-state index is 13.9. The van der Waals surface area contributed by atoms with E-state index < -0.39 is 23.1 Å². The molecule has 1 unspecified atom stereocenters. The van der Waals surface area contributed by atoms with Gasteiger partial charge in [-0.3, -0.25) is 4.79 Å². The Morgan fingerprint density at radius 3 is 2.56 bits per heavy atom. The molecule has 6 heteroatoms. The normalized spacial score (nSPS) is 12.2. The lowest BCUT2D eigenvalue weighted by Crippen LogP contribution is -2.30. The molecular weight excluding hydrogens is 366 g/mol. The predicted molar refractivity (Wildman–Crippen MR) is 103 cm³/mol. The molecule has 3 nitrogen and oxygen atoms in total. The molecule has 4 rings (SSSR count). The van der Waals surface area contributed by atoms with Crippen LogP contribution in [0.25, 0.3) is 10.9 Å². The van der Waals surface area contributed by atoms with E-state index in [-0.39, 0.29) is 12.5 Å². The SMILES string of the molecule is O=C(NCC(c1cccs1)c1c[nH]c2ccccc12)c1c(F)cccc1F. The van der Waals surface area contributed by atoms with Crippen LogP contribution in [0.15, 0.2) is 66.2 Å². The van der Waals surface area contributed by atoms with Crippen LogP contribution in [0, 0.1) is 11.6 Å². The van der Waals surface area contributed by atoms with Crippen molar-refractivity contribution in [3.05, 3.63) is 93.8 Å². The van der Waals surface area contributed by atoms with E-state index in [4.69, 9.17) is 0 Å². The minimum atomic E-state index is -0.868. The van der Waals surface area contributed by atoms with E-state index in [9.17, 15) is 13.6 Å². The quantitative estimate of drug-likeness (QED) is 0.497. The number of para-hydroxylation sites is 1. The second kappa shape index (κ2) is 7.32. The van der Waals surface area contributed by atoms with E-state index in [1.165, 1.54) is 6.07 Å². The van der Waals surface area contributed by atoms with E-state index in [1.807, 2.05) is 48.0 Å². The van der Waals surface area contributed by atoms with Gasteiger partial charge in [-0.15, -0.1) is 11.3 Å². The van der Waals surface area contributed by atoms with E-state index in [0.717, 1.165) is 33.5 Å². The molecule has 0 radical (unpaired) electrons. The number of hydrogen-bond acceptors (Lipinski definition) is 2. The molecule has 0 aliphatic carbocycles. The summed E-state index contributed by atoms with van der Waals surface area (Å²) in [6.45, 7) is 0.231. The van der Waals surface area contributed by atoms with E-state index >= 15 is 0 Å². The van der Waals surface area contributed by atoms with Crippen molar-refractivity contribution >= 4 is 28.1 Å². The van der Waals surface area contributed by atoms with Crippen molar-refractivity contribution in [2.24, 2.45) is 0 Å². The molecule has 0 spiro atoms. The smallest absolute Gasteiger partial charge is 0.257 e. The first kappa shape index (κ1) is 17.4. The van der Waals surface area contributed by atoms with Gasteiger partial charge in [0.05, 0.1) is 0 Å². The lowest BCUT2D eigenvalue weighted by molar-refractivity contribution is 0.0944. The van der Waals surface area contributed by atoms with Crippen molar-refractivity contribution in [1.29, 1.82) is 0 Å². The van der Waals surface area contributed by atoms with Crippen LogP contribution in [-0.4, -0.2) is 17.4 Å². The molecule has 0 saturated carbocycles. The first-order chi connectivity index (χ1) is 13.1. The van der Waals surface area contributed by atoms with Gasteiger partial charge in [0.15, 0.2) is 0 Å². The highest BCUT2D eigenvalue weighted by Gasteiger charge is 2.22. The number of carbonyl (C=O) groups excluding carboxylic acids is 1. The molecule has 2 heterocycles. The molecular formula is C21H16F2N2OS. The molecule has 1 atom stereocenters. The molecule has 0 bridgehead atoms. The van der Waals surface area contributed by atoms with Crippen molar-refractivity contribution < 1.29 is 13.6 Å². The average molecular weight is 382 g/mol. The fraction of sp³-hybridized carbons (Fsp3) is 0.0952.